The van der Waals surface area contributed by atoms with E-state index in [1.165, 1.54) is 31.9 Å². The van der Waals surface area contributed by atoms with Crippen LogP contribution in [0.1, 0.15) is 31.2 Å². The molecule has 0 radical (unpaired) electrons. The third kappa shape index (κ3) is 3.81. The van der Waals surface area contributed by atoms with E-state index in [4.69, 9.17) is 10.1 Å². The summed E-state index contributed by atoms with van der Waals surface area (Å²) in [4.78, 5) is 12.3. The zero-order valence-electron chi connectivity index (χ0n) is 14.9. The molecule has 1 aliphatic rings. The second kappa shape index (κ2) is 7.57. The van der Waals surface area contributed by atoms with E-state index in [-0.39, 0.29) is 11.9 Å². The summed E-state index contributed by atoms with van der Waals surface area (Å²) in [6.45, 7) is 0.926. The van der Waals surface area contributed by atoms with E-state index in [2.05, 4.69) is 20.3 Å². The average molecular weight is 363 g/mol. The lowest BCUT2D eigenvalue weighted by molar-refractivity contribution is 0.412. The van der Waals surface area contributed by atoms with Gasteiger partial charge in [0.1, 0.15) is 5.75 Å². The van der Waals surface area contributed by atoms with Gasteiger partial charge in [0.25, 0.3) is 0 Å². The first kappa shape index (κ1) is 17.2. The van der Waals surface area contributed by atoms with Crippen molar-refractivity contribution in [1.29, 1.82) is 5.41 Å². The number of pyridine rings is 1. The molecule has 7 heteroatoms. The van der Waals surface area contributed by atoms with Crippen LogP contribution in [0.5, 0.6) is 17.6 Å². The molecule has 0 aliphatic heterocycles. The van der Waals surface area contributed by atoms with Crippen molar-refractivity contribution < 1.29 is 9.84 Å². The molecule has 0 bridgehead atoms. The Kier molecular flexibility index (Phi) is 4.82. The second-order valence-corrected chi connectivity index (χ2v) is 6.75. The predicted octanol–water partition coefficient (Wildman–Crippen LogP) is 4.12. The number of hydrogen-bond acceptors (Lipinski definition) is 7. The summed E-state index contributed by atoms with van der Waals surface area (Å²) < 4.78 is 5.70. The number of nitrogens with zero attached hydrogens (tertiary/aromatic N) is 3. The van der Waals surface area contributed by atoms with E-state index in [0.717, 1.165) is 17.8 Å². The summed E-state index contributed by atoms with van der Waals surface area (Å²) in [6.07, 6.45) is 9.57. The average Bonchev–Trinajstić information content (AvgIpc) is 3.20. The number of ether oxygens (including phenoxy) is 1. The molecule has 4 rings (SSSR count). The Balaban J connectivity index is 1.53. The Morgan fingerprint density at radius 2 is 2.07 bits per heavy atom. The minimum atomic E-state index is -0.153. The van der Waals surface area contributed by atoms with Gasteiger partial charge in [-0.15, -0.1) is 0 Å². The van der Waals surface area contributed by atoms with Gasteiger partial charge in [-0.3, -0.25) is 4.98 Å². The fourth-order valence-corrected chi connectivity index (χ4v) is 3.45. The maximum Gasteiger partial charge on any atom is 0.325 e. The van der Waals surface area contributed by atoms with Gasteiger partial charge in [-0.25, -0.2) is 0 Å². The van der Waals surface area contributed by atoms with Crippen molar-refractivity contribution in [3.63, 3.8) is 0 Å². The normalized spacial score (nSPS) is 14.4. The fraction of sp³-hybridized carbons (Fsp3) is 0.300. The van der Waals surface area contributed by atoms with Crippen LogP contribution in [0.15, 0.2) is 36.7 Å². The minimum absolute atomic E-state index is 0.0376. The van der Waals surface area contributed by atoms with Gasteiger partial charge >= 0.3 is 6.01 Å². The lowest BCUT2D eigenvalue weighted by Crippen LogP contribution is -2.12. The molecule has 0 saturated heterocycles. The largest absolute Gasteiger partial charge is 0.493 e. The van der Waals surface area contributed by atoms with Crippen LogP contribution in [0.4, 0.5) is 5.69 Å². The van der Waals surface area contributed by atoms with Crippen LogP contribution in [-0.4, -0.2) is 32.8 Å². The molecular formula is C20H21N5O2. The zero-order valence-corrected chi connectivity index (χ0v) is 14.9. The molecule has 27 heavy (non-hydrogen) atoms. The van der Waals surface area contributed by atoms with Crippen LogP contribution >= 0.6 is 0 Å². The summed E-state index contributed by atoms with van der Waals surface area (Å²) in [5.41, 5.74) is 2.15. The number of hydrogen-bond donors (Lipinski definition) is 3. The van der Waals surface area contributed by atoms with Crippen molar-refractivity contribution in [2.24, 2.45) is 5.92 Å². The monoisotopic (exact) mass is 363 g/mol. The van der Waals surface area contributed by atoms with Crippen molar-refractivity contribution >= 4 is 22.8 Å². The number of fused-ring (bicyclic) bond motifs is 1. The molecule has 1 fully saturated rings. The molecule has 3 aromatic rings. The van der Waals surface area contributed by atoms with Gasteiger partial charge in [-0.05, 0) is 43.0 Å². The van der Waals surface area contributed by atoms with Crippen molar-refractivity contribution in [3.05, 3.63) is 42.2 Å². The summed E-state index contributed by atoms with van der Waals surface area (Å²) >= 11 is 0. The summed E-state index contributed by atoms with van der Waals surface area (Å²) in [7, 11) is 0. The molecule has 0 spiro atoms. The van der Waals surface area contributed by atoms with Crippen molar-refractivity contribution in [3.8, 4) is 17.6 Å². The van der Waals surface area contributed by atoms with E-state index in [1.54, 1.807) is 30.6 Å². The molecule has 1 aromatic carbocycles. The molecule has 0 unspecified atom stereocenters. The highest BCUT2D eigenvalue weighted by atomic mass is 16.5. The maximum absolute atomic E-state index is 10.0. The number of aromatic nitrogens is 3. The first-order valence-electron chi connectivity index (χ1n) is 9.10. The van der Waals surface area contributed by atoms with Gasteiger partial charge in [0.15, 0.2) is 0 Å². The van der Waals surface area contributed by atoms with Crippen LogP contribution < -0.4 is 10.1 Å². The molecular weight excluding hydrogens is 342 g/mol. The molecule has 7 nitrogen and oxygen atoms in total. The second-order valence-electron chi connectivity index (χ2n) is 6.75. The van der Waals surface area contributed by atoms with Gasteiger partial charge in [0.2, 0.25) is 5.88 Å². The lowest BCUT2D eigenvalue weighted by Gasteiger charge is -2.14. The Bertz CT molecular complexity index is 970. The van der Waals surface area contributed by atoms with E-state index >= 15 is 0 Å². The summed E-state index contributed by atoms with van der Waals surface area (Å²) in [6, 6.07) is 7.14. The Morgan fingerprint density at radius 1 is 1.22 bits per heavy atom. The van der Waals surface area contributed by atoms with Crippen LogP contribution in [0.3, 0.4) is 0 Å². The molecule has 1 saturated carbocycles. The van der Waals surface area contributed by atoms with Crippen LogP contribution in [-0.2, 0) is 0 Å². The first-order valence-corrected chi connectivity index (χ1v) is 9.10. The Hall–Kier alpha value is -3.22. The number of anilines is 1. The summed E-state index contributed by atoms with van der Waals surface area (Å²) in [5.74, 6) is 1.06. The highest BCUT2D eigenvalue weighted by molar-refractivity contribution is 5.86. The van der Waals surface area contributed by atoms with Gasteiger partial charge in [0.05, 0.1) is 17.1 Å². The van der Waals surface area contributed by atoms with Crippen molar-refractivity contribution in [2.75, 3.05) is 11.9 Å². The first-order chi connectivity index (χ1) is 13.2. The third-order valence-corrected chi connectivity index (χ3v) is 4.90. The number of aromatic hydroxyl groups is 1. The topological polar surface area (TPSA) is 104 Å². The van der Waals surface area contributed by atoms with Gasteiger partial charge in [0, 0.05) is 30.2 Å². The van der Waals surface area contributed by atoms with Crippen LogP contribution in [0.25, 0.3) is 10.9 Å². The molecule has 2 aromatic heterocycles. The summed E-state index contributed by atoms with van der Waals surface area (Å²) in [5, 5.41) is 21.7. The molecule has 138 valence electrons. The SMILES string of the molecule is N=Cc1cc(Oc2nc(O)c3ccncc3n2)ccc1NCC1CCCC1. The van der Waals surface area contributed by atoms with Gasteiger partial charge in [-0.2, -0.15) is 9.97 Å². The maximum atomic E-state index is 10.0. The molecule has 1 aliphatic carbocycles. The number of nitrogens with one attached hydrogen (secondary N) is 2. The van der Waals surface area contributed by atoms with Gasteiger partial charge < -0.3 is 20.6 Å². The van der Waals surface area contributed by atoms with E-state index in [1.807, 2.05) is 6.07 Å². The fourth-order valence-electron chi connectivity index (χ4n) is 3.45. The third-order valence-electron chi connectivity index (χ3n) is 4.90. The predicted molar refractivity (Wildman–Crippen MR) is 104 cm³/mol. The van der Waals surface area contributed by atoms with E-state index < -0.39 is 0 Å². The van der Waals surface area contributed by atoms with E-state index in [0.29, 0.717) is 22.6 Å². The van der Waals surface area contributed by atoms with Crippen molar-refractivity contribution in [1.82, 2.24) is 15.0 Å². The molecule has 3 N–H and O–H groups in total. The van der Waals surface area contributed by atoms with Crippen LogP contribution in [0, 0.1) is 11.3 Å². The van der Waals surface area contributed by atoms with Crippen molar-refractivity contribution in [2.45, 2.75) is 25.7 Å². The highest BCUT2D eigenvalue weighted by Crippen LogP contribution is 2.29. The van der Waals surface area contributed by atoms with E-state index in [9.17, 15) is 5.11 Å². The zero-order chi connectivity index (χ0) is 18.6. The number of benzene rings is 1. The highest BCUT2D eigenvalue weighted by Gasteiger charge is 2.15. The van der Waals surface area contributed by atoms with Gasteiger partial charge in [-0.1, -0.05) is 12.8 Å². The number of rotatable bonds is 6. The molecule has 0 atom stereocenters. The quantitative estimate of drug-likeness (QED) is 0.569. The Labute approximate surface area is 157 Å². The minimum Gasteiger partial charge on any atom is -0.493 e. The standard InChI is InChI=1S/C20H21N5O2/c21-10-14-9-15(5-6-17(14)23-11-13-3-1-2-4-13)27-20-24-18-12-22-8-7-16(18)19(26)25-20/h5-10,12-13,21,23H,1-4,11H2,(H,24,25,26). The smallest absolute Gasteiger partial charge is 0.325 e. The lowest BCUT2D eigenvalue weighted by atomic mass is 10.1. The molecule has 2 heterocycles. The van der Waals surface area contributed by atoms with Crippen LogP contribution in [0.2, 0.25) is 0 Å². The Morgan fingerprint density at radius 3 is 2.89 bits per heavy atom. The molecule has 0 amide bonds.